The Balaban J connectivity index is 1.96. The van der Waals surface area contributed by atoms with E-state index >= 15 is 0 Å². The van der Waals surface area contributed by atoms with Crippen LogP contribution in [-0.2, 0) is 0 Å². The number of carbonyl (C=O) groups is 1. The summed E-state index contributed by atoms with van der Waals surface area (Å²) in [5.74, 6) is -0.720. The second-order valence-corrected chi connectivity index (χ2v) is 6.38. The summed E-state index contributed by atoms with van der Waals surface area (Å²) in [7, 11) is 0. The molecule has 0 fully saturated rings. The molecule has 3 aromatic rings. The van der Waals surface area contributed by atoms with Crippen LogP contribution in [-0.4, -0.2) is 17.4 Å². The highest BCUT2D eigenvalue weighted by Crippen LogP contribution is 2.28. The zero-order valence-electron chi connectivity index (χ0n) is 13.8. The van der Waals surface area contributed by atoms with Crippen molar-refractivity contribution in [2.45, 2.75) is 6.92 Å². The molecule has 0 aliphatic carbocycles. The van der Waals surface area contributed by atoms with Crippen molar-refractivity contribution in [2.24, 2.45) is 0 Å². The van der Waals surface area contributed by atoms with E-state index < -0.39 is 5.82 Å². The molecular weight excluding hydrogens is 335 g/mol. The van der Waals surface area contributed by atoms with E-state index in [9.17, 15) is 9.18 Å². The highest BCUT2D eigenvalue weighted by atomic mass is 32.1. The minimum absolute atomic E-state index is 0.286. The van der Waals surface area contributed by atoms with Gasteiger partial charge in [-0.25, -0.2) is 9.37 Å². The van der Waals surface area contributed by atoms with Gasteiger partial charge in [-0.05, 0) is 24.6 Å². The minimum Gasteiger partial charge on any atom is -0.280 e. The van der Waals surface area contributed by atoms with Crippen LogP contribution in [0.2, 0.25) is 0 Å². The third-order valence-electron chi connectivity index (χ3n) is 3.78. The maximum Gasteiger partial charge on any atom is 0.260 e. The van der Waals surface area contributed by atoms with Crippen LogP contribution in [0.15, 0.2) is 66.6 Å². The number of halogens is 1. The molecule has 25 heavy (non-hydrogen) atoms. The fourth-order valence-corrected chi connectivity index (χ4v) is 3.32. The Labute approximate surface area is 150 Å². The molecule has 1 amide bonds. The maximum atomic E-state index is 13.6. The molecule has 5 heteroatoms. The second kappa shape index (κ2) is 7.40. The first-order valence-electron chi connectivity index (χ1n) is 7.80. The minimum atomic E-state index is -0.434. The standard InChI is InChI=1S/C20H17FN2OS/c1-3-11-23(19(24)17-12-16(21)10-9-14(17)2)20-22-18(13-25-20)15-7-5-4-6-8-15/h3-10,12-13H,1,11H2,2H3. The molecule has 0 spiro atoms. The van der Waals surface area contributed by atoms with Gasteiger partial charge in [-0.1, -0.05) is 42.5 Å². The largest absolute Gasteiger partial charge is 0.280 e. The molecule has 0 unspecified atom stereocenters. The molecular formula is C20H17FN2OS. The lowest BCUT2D eigenvalue weighted by atomic mass is 10.1. The topological polar surface area (TPSA) is 33.2 Å². The molecule has 0 saturated carbocycles. The van der Waals surface area contributed by atoms with Gasteiger partial charge in [0.1, 0.15) is 5.82 Å². The Morgan fingerprint density at radius 1 is 1.28 bits per heavy atom. The second-order valence-electron chi connectivity index (χ2n) is 5.55. The summed E-state index contributed by atoms with van der Waals surface area (Å²) in [5.41, 5.74) is 2.84. The van der Waals surface area contributed by atoms with Gasteiger partial charge in [0, 0.05) is 23.1 Å². The van der Waals surface area contributed by atoms with Crippen LogP contribution in [0.5, 0.6) is 0 Å². The molecule has 0 aliphatic heterocycles. The van der Waals surface area contributed by atoms with Crippen molar-refractivity contribution < 1.29 is 9.18 Å². The number of anilines is 1. The van der Waals surface area contributed by atoms with Crippen molar-refractivity contribution in [1.82, 2.24) is 4.98 Å². The molecule has 1 heterocycles. The lowest BCUT2D eigenvalue weighted by Crippen LogP contribution is -2.31. The predicted molar refractivity (Wildman–Crippen MR) is 101 cm³/mol. The third kappa shape index (κ3) is 3.67. The van der Waals surface area contributed by atoms with Gasteiger partial charge in [0.25, 0.3) is 5.91 Å². The first kappa shape index (κ1) is 17.0. The van der Waals surface area contributed by atoms with Crippen molar-refractivity contribution in [3.05, 3.63) is 83.5 Å². The Morgan fingerprint density at radius 2 is 2.04 bits per heavy atom. The molecule has 0 saturated heterocycles. The summed E-state index contributed by atoms with van der Waals surface area (Å²) in [6, 6.07) is 14.0. The van der Waals surface area contributed by atoms with E-state index in [2.05, 4.69) is 11.6 Å². The molecule has 0 atom stereocenters. The molecule has 0 radical (unpaired) electrons. The normalized spacial score (nSPS) is 10.5. The van der Waals surface area contributed by atoms with E-state index in [1.165, 1.54) is 28.4 Å². The summed E-state index contributed by atoms with van der Waals surface area (Å²) in [6.07, 6.45) is 1.64. The third-order valence-corrected chi connectivity index (χ3v) is 4.64. The Morgan fingerprint density at radius 3 is 2.76 bits per heavy atom. The molecule has 0 N–H and O–H groups in total. The van der Waals surface area contributed by atoms with Crippen LogP contribution in [0, 0.1) is 12.7 Å². The van der Waals surface area contributed by atoms with Crippen LogP contribution >= 0.6 is 11.3 Å². The van der Waals surface area contributed by atoms with Gasteiger partial charge in [-0.15, -0.1) is 17.9 Å². The first-order chi connectivity index (χ1) is 12.1. The number of nitrogens with zero attached hydrogens (tertiary/aromatic N) is 2. The number of aryl methyl sites for hydroxylation is 1. The van der Waals surface area contributed by atoms with E-state index in [4.69, 9.17) is 0 Å². The van der Waals surface area contributed by atoms with Gasteiger partial charge < -0.3 is 0 Å². The van der Waals surface area contributed by atoms with Gasteiger partial charge in [-0.3, -0.25) is 9.69 Å². The summed E-state index contributed by atoms with van der Waals surface area (Å²) in [6.45, 7) is 5.81. The molecule has 0 bridgehead atoms. The summed E-state index contributed by atoms with van der Waals surface area (Å²) in [4.78, 5) is 19.0. The molecule has 3 nitrogen and oxygen atoms in total. The fourth-order valence-electron chi connectivity index (χ4n) is 2.48. The van der Waals surface area contributed by atoms with E-state index in [1.807, 2.05) is 35.7 Å². The highest BCUT2D eigenvalue weighted by molar-refractivity contribution is 7.14. The Bertz CT molecular complexity index is 905. The summed E-state index contributed by atoms with van der Waals surface area (Å²) < 4.78 is 13.6. The van der Waals surface area contributed by atoms with E-state index in [-0.39, 0.29) is 5.91 Å². The van der Waals surface area contributed by atoms with Crippen LogP contribution in [0.4, 0.5) is 9.52 Å². The number of carbonyl (C=O) groups excluding carboxylic acids is 1. The van der Waals surface area contributed by atoms with Crippen LogP contribution in [0.1, 0.15) is 15.9 Å². The SMILES string of the molecule is C=CCN(C(=O)c1cc(F)ccc1C)c1nc(-c2ccccc2)cs1. The molecule has 2 aromatic carbocycles. The Kier molecular flexibility index (Phi) is 5.05. The first-order valence-corrected chi connectivity index (χ1v) is 8.68. The van der Waals surface area contributed by atoms with Gasteiger partial charge in [-0.2, -0.15) is 0 Å². The average Bonchev–Trinajstić information content (AvgIpc) is 3.11. The van der Waals surface area contributed by atoms with Crippen LogP contribution in [0.3, 0.4) is 0 Å². The monoisotopic (exact) mass is 352 g/mol. The lowest BCUT2D eigenvalue weighted by molar-refractivity contribution is 0.0988. The van der Waals surface area contributed by atoms with Gasteiger partial charge >= 0.3 is 0 Å². The van der Waals surface area contributed by atoms with Crippen molar-refractivity contribution in [3.63, 3.8) is 0 Å². The number of thiazole rings is 1. The van der Waals surface area contributed by atoms with Crippen molar-refractivity contribution in [1.29, 1.82) is 0 Å². The lowest BCUT2D eigenvalue weighted by Gasteiger charge is -2.19. The average molecular weight is 352 g/mol. The van der Waals surface area contributed by atoms with Crippen molar-refractivity contribution >= 4 is 22.4 Å². The zero-order chi connectivity index (χ0) is 17.8. The molecule has 126 valence electrons. The van der Waals surface area contributed by atoms with Crippen molar-refractivity contribution in [2.75, 3.05) is 11.4 Å². The zero-order valence-corrected chi connectivity index (χ0v) is 14.6. The predicted octanol–water partition coefficient (Wildman–Crippen LogP) is 5.09. The molecule has 3 rings (SSSR count). The number of benzene rings is 2. The quantitative estimate of drug-likeness (QED) is 0.599. The molecule has 0 aliphatic rings. The van der Waals surface area contributed by atoms with Gasteiger partial charge in [0.05, 0.1) is 5.69 Å². The highest BCUT2D eigenvalue weighted by Gasteiger charge is 2.22. The summed E-state index contributed by atoms with van der Waals surface area (Å²) >= 11 is 1.38. The van der Waals surface area contributed by atoms with Crippen molar-refractivity contribution in [3.8, 4) is 11.3 Å². The Hall–Kier alpha value is -2.79. The number of aromatic nitrogens is 1. The maximum absolute atomic E-state index is 13.6. The van der Waals surface area contributed by atoms with Crippen LogP contribution < -0.4 is 4.90 Å². The summed E-state index contributed by atoms with van der Waals surface area (Å²) in [5, 5.41) is 2.47. The van der Waals surface area contributed by atoms with Gasteiger partial charge in [0.2, 0.25) is 0 Å². The van der Waals surface area contributed by atoms with E-state index in [1.54, 1.807) is 19.1 Å². The number of rotatable bonds is 5. The van der Waals surface area contributed by atoms with E-state index in [0.29, 0.717) is 17.2 Å². The number of amides is 1. The number of hydrogen-bond acceptors (Lipinski definition) is 3. The smallest absolute Gasteiger partial charge is 0.260 e. The van der Waals surface area contributed by atoms with Crippen LogP contribution in [0.25, 0.3) is 11.3 Å². The number of hydrogen-bond donors (Lipinski definition) is 0. The van der Waals surface area contributed by atoms with Gasteiger partial charge in [0.15, 0.2) is 5.13 Å². The fraction of sp³-hybridized carbons (Fsp3) is 0.100. The molecule has 1 aromatic heterocycles. The van der Waals surface area contributed by atoms with E-state index in [0.717, 1.165) is 16.8 Å².